The molecule has 0 aliphatic rings. The van der Waals surface area contributed by atoms with Gasteiger partial charge < -0.3 is 5.32 Å². The van der Waals surface area contributed by atoms with E-state index < -0.39 is 0 Å². The van der Waals surface area contributed by atoms with E-state index in [1.54, 1.807) is 40.1 Å². The lowest BCUT2D eigenvalue weighted by Gasteiger charge is -2.04. The molecule has 0 saturated carbocycles. The van der Waals surface area contributed by atoms with Crippen LogP contribution in [0.3, 0.4) is 0 Å². The lowest BCUT2D eigenvalue weighted by molar-refractivity contribution is 0.0954. The van der Waals surface area contributed by atoms with Crippen LogP contribution in [0.4, 0.5) is 0 Å². The van der Waals surface area contributed by atoms with Crippen LogP contribution in [-0.2, 0) is 6.54 Å². The van der Waals surface area contributed by atoms with E-state index in [-0.39, 0.29) is 5.91 Å². The number of fused-ring (bicyclic) bond motifs is 1. The van der Waals surface area contributed by atoms with Crippen LogP contribution in [0, 0.1) is 0 Å². The van der Waals surface area contributed by atoms with Crippen LogP contribution in [0.5, 0.6) is 0 Å². The van der Waals surface area contributed by atoms with Crippen molar-refractivity contribution in [2.75, 3.05) is 6.54 Å². The van der Waals surface area contributed by atoms with Gasteiger partial charge >= 0.3 is 0 Å². The van der Waals surface area contributed by atoms with E-state index in [1.807, 2.05) is 0 Å². The molecule has 1 amide bonds. The Balaban J connectivity index is 1.54. The number of amides is 1. The predicted molar refractivity (Wildman–Crippen MR) is 77.2 cm³/mol. The predicted octanol–water partition coefficient (Wildman–Crippen LogP) is 1.40. The fourth-order valence-electron chi connectivity index (χ4n) is 1.99. The number of nitrogens with one attached hydrogen (secondary N) is 1. The zero-order valence-corrected chi connectivity index (χ0v) is 11.9. The topological polar surface area (TPSA) is 77.1 Å². The van der Waals surface area contributed by atoms with Crippen molar-refractivity contribution in [1.82, 2.24) is 29.7 Å². The van der Waals surface area contributed by atoms with E-state index in [9.17, 15) is 4.79 Å². The van der Waals surface area contributed by atoms with Crippen LogP contribution in [-0.4, -0.2) is 36.8 Å². The Bertz CT molecular complexity index is 765. The van der Waals surface area contributed by atoms with Gasteiger partial charge in [0, 0.05) is 31.7 Å². The maximum atomic E-state index is 12.1. The zero-order chi connectivity index (χ0) is 14.7. The molecule has 0 bridgehead atoms. The van der Waals surface area contributed by atoms with Gasteiger partial charge in [0.15, 0.2) is 5.65 Å². The molecule has 0 fully saturated rings. The first kappa shape index (κ1) is 13.6. The van der Waals surface area contributed by atoms with Crippen LogP contribution in [0.2, 0.25) is 5.02 Å². The van der Waals surface area contributed by atoms with Gasteiger partial charge in [0.05, 0.1) is 17.4 Å². The maximum Gasteiger partial charge on any atom is 0.256 e. The number of hydrogen-bond donors (Lipinski definition) is 1. The summed E-state index contributed by atoms with van der Waals surface area (Å²) in [5.41, 5.74) is 1.02. The Hall–Kier alpha value is -2.41. The van der Waals surface area contributed by atoms with Gasteiger partial charge in [-0.1, -0.05) is 11.6 Å². The lowest BCUT2D eigenvalue weighted by atomic mass is 10.3. The van der Waals surface area contributed by atoms with Gasteiger partial charge in [-0.05, 0) is 12.5 Å². The van der Waals surface area contributed by atoms with Crippen molar-refractivity contribution in [2.45, 2.75) is 13.0 Å². The molecule has 0 aliphatic carbocycles. The highest BCUT2D eigenvalue weighted by atomic mass is 35.5. The molecule has 21 heavy (non-hydrogen) atoms. The molecule has 7 nitrogen and oxygen atoms in total. The number of aryl methyl sites for hydroxylation is 1. The molecular formula is C13H13ClN6O. The lowest BCUT2D eigenvalue weighted by Crippen LogP contribution is -2.25. The Morgan fingerprint density at radius 2 is 2.24 bits per heavy atom. The summed E-state index contributed by atoms with van der Waals surface area (Å²) in [5.74, 6) is -0.179. The third-order valence-corrected chi connectivity index (χ3v) is 3.17. The molecule has 3 aromatic heterocycles. The third-order valence-electron chi connectivity index (χ3n) is 2.98. The van der Waals surface area contributed by atoms with Crippen molar-refractivity contribution < 1.29 is 4.79 Å². The molecule has 0 aliphatic heterocycles. The smallest absolute Gasteiger partial charge is 0.256 e. The molecule has 0 saturated heterocycles. The number of aromatic nitrogens is 5. The molecular weight excluding hydrogens is 292 g/mol. The molecule has 0 spiro atoms. The first-order valence-electron chi connectivity index (χ1n) is 6.48. The van der Waals surface area contributed by atoms with Crippen LogP contribution in [0.25, 0.3) is 5.65 Å². The van der Waals surface area contributed by atoms with E-state index in [0.717, 1.165) is 6.42 Å². The minimum absolute atomic E-state index is 0.179. The largest absolute Gasteiger partial charge is 0.352 e. The van der Waals surface area contributed by atoms with Gasteiger partial charge in [-0.3, -0.25) is 9.48 Å². The first-order chi connectivity index (χ1) is 10.2. The van der Waals surface area contributed by atoms with Crippen LogP contribution >= 0.6 is 11.6 Å². The quantitative estimate of drug-likeness (QED) is 0.723. The molecule has 3 aromatic rings. The Kier molecular flexibility index (Phi) is 3.83. The summed E-state index contributed by atoms with van der Waals surface area (Å²) in [4.78, 5) is 16.2. The second-order valence-electron chi connectivity index (χ2n) is 4.48. The summed E-state index contributed by atoms with van der Waals surface area (Å²) in [6, 6.07) is 1.76. The van der Waals surface area contributed by atoms with Gasteiger partial charge in [-0.25, -0.2) is 9.50 Å². The second kappa shape index (κ2) is 5.92. The standard InChI is InChI=1S/C13H13ClN6O/c14-10-7-17-19(9-10)5-1-4-16-13(21)11-8-18-20-6-2-3-15-12(11)20/h2-3,6-9H,1,4-5H2,(H,16,21). The highest BCUT2D eigenvalue weighted by Crippen LogP contribution is 2.07. The van der Waals surface area contributed by atoms with E-state index in [2.05, 4.69) is 20.5 Å². The molecule has 0 atom stereocenters. The fraction of sp³-hybridized carbons (Fsp3) is 0.231. The van der Waals surface area contributed by atoms with Crippen molar-refractivity contribution in [3.63, 3.8) is 0 Å². The summed E-state index contributed by atoms with van der Waals surface area (Å²) in [6.45, 7) is 1.24. The van der Waals surface area contributed by atoms with Crippen molar-refractivity contribution in [2.24, 2.45) is 0 Å². The second-order valence-corrected chi connectivity index (χ2v) is 4.91. The molecule has 0 aromatic carbocycles. The summed E-state index contributed by atoms with van der Waals surface area (Å²) >= 11 is 5.78. The number of nitrogens with zero attached hydrogens (tertiary/aromatic N) is 5. The van der Waals surface area contributed by atoms with Crippen molar-refractivity contribution >= 4 is 23.2 Å². The summed E-state index contributed by atoms with van der Waals surface area (Å²) in [6.07, 6.45) is 9.00. The normalized spacial score (nSPS) is 10.9. The van der Waals surface area contributed by atoms with Crippen LogP contribution in [0.15, 0.2) is 37.1 Å². The van der Waals surface area contributed by atoms with E-state index in [4.69, 9.17) is 11.6 Å². The number of carbonyl (C=O) groups is 1. The Morgan fingerprint density at radius 3 is 3.05 bits per heavy atom. The first-order valence-corrected chi connectivity index (χ1v) is 6.86. The zero-order valence-electron chi connectivity index (χ0n) is 11.1. The molecule has 3 rings (SSSR count). The molecule has 0 radical (unpaired) electrons. The Morgan fingerprint density at radius 1 is 1.33 bits per heavy atom. The maximum absolute atomic E-state index is 12.1. The molecule has 1 N–H and O–H groups in total. The van der Waals surface area contributed by atoms with Gasteiger partial charge in [-0.2, -0.15) is 10.2 Å². The van der Waals surface area contributed by atoms with E-state index in [0.29, 0.717) is 29.3 Å². The molecule has 0 unspecified atom stereocenters. The average Bonchev–Trinajstić information content (AvgIpc) is 3.09. The highest BCUT2D eigenvalue weighted by Gasteiger charge is 2.12. The summed E-state index contributed by atoms with van der Waals surface area (Å²) in [5, 5.41) is 11.6. The summed E-state index contributed by atoms with van der Waals surface area (Å²) in [7, 11) is 0. The fourth-order valence-corrected chi connectivity index (χ4v) is 2.14. The van der Waals surface area contributed by atoms with Crippen molar-refractivity contribution in [3.8, 4) is 0 Å². The SMILES string of the molecule is O=C(NCCCn1cc(Cl)cn1)c1cnn2cccnc12. The molecule has 8 heteroatoms. The van der Waals surface area contributed by atoms with Crippen LogP contribution < -0.4 is 5.32 Å². The molecule has 3 heterocycles. The Labute approximate surface area is 125 Å². The third kappa shape index (κ3) is 3.03. The highest BCUT2D eigenvalue weighted by molar-refractivity contribution is 6.30. The van der Waals surface area contributed by atoms with Crippen LogP contribution in [0.1, 0.15) is 16.8 Å². The average molecular weight is 305 g/mol. The molecule has 108 valence electrons. The van der Waals surface area contributed by atoms with Crippen molar-refractivity contribution in [3.05, 3.63) is 47.6 Å². The van der Waals surface area contributed by atoms with E-state index in [1.165, 1.54) is 6.20 Å². The monoisotopic (exact) mass is 304 g/mol. The van der Waals surface area contributed by atoms with Gasteiger partial charge in [0.2, 0.25) is 0 Å². The number of hydrogen-bond acceptors (Lipinski definition) is 4. The minimum atomic E-state index is -0.179. The number of rotatable bonds is 5. The van der Waals surface area contributed by atoms with Gasteiger partial charge in [0.1, 0.15) is 5.56 Å². The number of halogens is 1. The summed E-state index contributed by atoms with van der Waals surface area (Å²) < 4.78 is 3.31. The number of carbonyl (C=O) groups excluding carboxylic acids is 1. The van der Waals surface area contributed by atoms with Crippen molar-refractivity contribution in [1.29, 1.82) is 0 Å². The van der Waals surface area contributed by atoms with E-state index >= 15 is 0 Å². The van der Waals surface area contributed by atoms with Gasteiger partial charge in [-0.15, -0.1) is 0 Å². The minimum Gasteiger partial charge on any atom is -0.352 e. The van der Waals surface area contributed by atoms with Gasteiger partial charge in [0.25, 0.3) is 5.91 Å².